The number of rotatable bonds is 13. The van der Waals surface area contributed by atoms with Crippen LogP contribution in [0.1, 0.15) is 39.0 Å². The zero-order valence-corrected chi connectivity index (χ0v) is 15.9. The number of amides is 2. The molecule has 0 aromatic carbocycles. The summed E-state index contributed by atoms with van der Waals surface area (Å²) in [5, 5.41) is 0. The molecule has 0 radical (unpaired) electrons. The highest BCUT2D eigenvalue weighted by Crippen LogP contribution is 2.02. The lowest BCUT2D eigenvalue weighted by Crippen LogP contribution is -2.42. The average Bonchev–Trinajstić information content (AvgIpc) is 2.57. The third-order valence-electron chi connectivity index (χ3n) is 3.50. The highest BCUT2D eigenvalue weighted by atomic mass is 16.6. The van der Waals surface area contributed by atoms with Crippen LogP contribution in [0.25, 0.3) is 0 Å². The number of carbonyl (C=O) groups excluding carboxylic acids is 3. The summed E-state index contributed by atoms with van der Waals surface area (Å²) in [4.78, 5) is 37.7. The first kappa shape index (κ1) is 23.2. The van der Waals surface area contributed by atoms with Gasteiger partial charge in [0, 0.05) is 21.2 Å². The molecule has 8 nitrogen and oxygen atoms in total. The number of likely N-dealkylation sites (N-methyl/N-ethyl adjacent to an activating group) is 2. The molecule has 0 heterocycles. The molecule has 0 aromatic heterocycles. The van der Waals surface area contributed by atoms with Crippen LogP contribution in [0.15, 0.2) is 0 Å². The van der Waals surface area contributed by atoms with Crippen LogP contribution in [0.4, 0.5) is 4.79 Å². The molecule has 0 spiro atoms. The maximum Gasteiger partial charge on any atom is 0.410 e. The number of nitrogens with zero attached hydrogens (tertiary/aromatic N) is 2. The molecule has 0 rings (SSSR count). The van der Waals surface area contributed by atoms with E-state index in [2.05, 4.69) is 6.92 Å². The predicted octanol–water partition coefficient (Wildman–Crippen LogP) is 1.67. The third kappa shape index (κ3) is 12.2. The lowest BCUT2D eigenvalue weighted by atomic mass is 10.2. The van der Waals surface area contributed by atoms with Crippen LogP contribution in [-0.4, -0.2) is 81.9 Å². The van der Waals surface area contributed by atoms with E-state index < -0.39 is 12.1 Å². The Labute approximate surface area is 150 Å². The molecule has 2 amide bonds. The van der Waals surface area contributed by atoms with Gasteiger partial charge in [0.25, 0.3) is 0 Å². The second-order valence-corrected chi connectivity index (χ2v) is 5.85. The van der Waals surface area contributed by atoms with Gasteiger partial charge in [-0.3, -0.25) is 9.59 Å². The van der Waals surface area contributed by atoms with E-state index in [0.29, 0.717) is 6.61 Å². The van der Waals surface area contributed by atoms with Crippen molar-refractivity contribution in [3.8, 4) is 0 Å². The Kier molecular flexibility index (Phi) is 13.4. The number of hydrogen-bond acceptors (Lipinski definition) is 6. The summed E-state index contributed by atoms with van der Waals surface area (Å²) in [6.07, 6.45) is 4.74. The molecule has 0 aliphatic rings. The fraction of sp³-hybridized carbons (Fsp3) is 0.824. The Morgan fingerprint density at radius 1 is 0.800 bits per heavy atom. The van der Waals surface area contributed by atoms with Crippen LogP contribution in [0.3, 0.4) is 0 Å². The molecule has 146 valence electrons. The van der Waals surface area contributed by atoms with Crippen molar-refractivity contribution in [2.75, 3.05) is 54.1 Å². The Bertz CT molecular complexity index is 403. The van der Waals surface area contributed by atoms with Crippen molar-refractivity contribution in [1.29, 1.82) is 0 Å². The van der Waals surface area contributed by atoms with Gasteiger partial charge in [-0.15, -0.1) is 0 Å². The molecular formula is C17H32N2O6. The third-order valence-corrected chi connectivity index (χ3v) is 3.50. The van der Waals surface area contributed by atoms with Crippen molar-refractivity contribution in [1.82, 2.24) is 9.80 Å². The largest absolute Gasteiger partial charge is 0.464 e. The van der Waals surface area contributed by atoms with Gasteiger partial charge in [0.2, 0.25) is 5.91 Å². The van der Waals surface area contributed by atoms with Crippen LogP contribution < -0.4 is 0 Å². The van der Waals surface area contributed by atoms with Crippen molar-refractivity contribution in [3.05, 3.63) is 0 Å². The second-order valence-electron chi connectivity index (χ2n) is 5.85. The minimum absolute atomic E-state index is 0.119. The quantitative estimate of drug-likeness (QED) is 0.367. The Morgan fingerprint density at radius 3 is 2.12 bits per heavy atom. The van der Waals surface area contributed by atoms with Crippen molar-refractivity contribution in [3.63, 3.8) is 0 Å². The molecule has 0 aromatic rings. The zero-order valence-electron chi connectivity index (χ0n) is 15.9. The average molecular weight is 360 g/mol. The highest BCUT2D eigenvalue weighted by Gasteiger charge is 2.19. The monoisotopic (exact) mass is 360 g/mol. The Hall–Kier alpha value is -1.83. The number of unbranched alkanes of at least 4 members (excludes halogenated alkanes) is 4. The molecule has 0 unspecified atom stereocenters. The summed E-state index contributed by atoms with van der Waals surface area (Å²) in [6.45, 7) is 2.61. The molecule has 0 fully saturated rings. The van der Waals surface area contributed by atoms with Crippen molar-refractivity contribution >= 4 is 18.0 Å². The van der Waals surface area contributed by atoms with Gasteiger partial charge in [0.1, 0.15) is 19.7 Å². The van der Waals surface area contributed by atoms with E-state index in [-0.39, 0.29) is 32.2 Å². The molecule has 0 atom stereocenters. The van der Waals surface area contributed by atoms with Gasteiger partial charge in [-0.1, -0.05) is 32.6 Å². The van der Waals surface area contributed by atoms with E-state index in [0.717, 1.165) is 24.2 Å². The summed E-state index contributed by atoms with van der Waals surface area (Å²) in [6, 6.07) is 0. The number of ether oxygens (including phenoxy) is 3. The molecule has 0 bridgehead atoms. The van der Waals surface area contributed by atoms with Crippen molar-refractivity contribution < 1.29 is 28.6 Å². The van der Waals surface area contributed by atoms with Gasteiger partial charge in [-0.2, -0.15) is 0 Å². The standard InChI is InChI=1S/C17H32N2O6/c1-5-6-7-8-9-10-24-16(21)14-18(2)15(20)13-19(3)17(22)25-12-11-23-4/h5-14H2,1-4H3. The van der Waals surface area contributed by atoms with Crippen molar-refractivity contribution in [2.24, 2.45) is 0 Å². The van der Waals surface area contributed by atoms with Crippen LogP contribution in [0.5, 0.6) is 0 Å². The number of carbonyl (C=O) groups is 3. The van der Waals surface area contributed by atoms with Gasteiger partial charge in [-0.25, -0.2) is 4.79 Å². The first-order valence-corrected chi connectivity index (χ1v) is 8.68. The molecule has 0 aliphatic heterocycles. The summed E-state index contributed by atoms with van der Waals surface area (Å²) in [7, 11) is 4.45. The highest BCUT2D eigenvalue weighted by molar-refractivity contribution is 5.85. The summed E-state index contributed by atoms with van der Waals surface area (Å²) in [5.74, 6) is -0.817. The minimum Gasteiger partial charge on any atom is -0.464 e. The first-order valence-electron chi connectivity index (χ1n) is 8.68. The number of hydrogen-bond donors (Lipinski definition) is 0. The van der Waals surface area contributed by atoms with E-state index >= 15 is 0 Å². The Balaban J connectivity index is 3.95. The normalized spacial score (nSPS) is 10.2. The molecule has 0 saturated heterocycles. The van der Waals surface area contributed by atoms with Gasteiger partial charge < -0.3 is 24.0 Å². The van der Waals surface area contributed by atoms with Crippen LogP contribution >= 0.6 is 0 Å². The maximum absolute atomic E-state index is 12.0. The maximum atomic E-state index is 12.0. The molecule has 0 aliphatic carbocycles. The predicted molar refractivity (Wildman–Crippen MR) is 93.2 cm³/mol. The van der Waals surface area contributed by atoms with Gasteiger partial charge in [0.05, 0.1) is 13.2 Å². The lowest BCUT2D eigenvalue weighted by Gasteiger charge is -2.21. The van der Waals surface area contributed by atoms with Crippen LogP contribution in [0, 0.1) is 0 Å². The molecule has 25 heavy (non-hydrogen) atoms. The van der Waals surface area contributed by atoms with E-state index in [9.17, 15) is 14.4 Å². The Morgan fingerprint density at radius 2 is 1.48 bits per heavy atom. The fourth-order valence-electron chi connectivity index (χ4n) is 1.93. The topological polar surface area (TPSA) is 85.4 Å². The number of esters is 1. The van der Waals surface area contributed by atoms with Gasteiger partial charge >= 0.3 is 12.1 Å². The summed E-state index contributed by atoms with van der Waals surface area (Å²) >= 11 is 0. The molecular weight excluding hydrogens is 328 g/mol. The van der Waals surface area contributed by atoms with E-state index in [1.807, 2.05) is 0 Å². The van der Waals surface area contributed by atoms with Crippen molar-refractivity contribution in [2.45, 2.75) is 39.0 Å². The minimum atomic E-state index is -0.617. The van der Waals surface area contributed by atoms with Crippen LogP contribution in [0.2, 0.25) is 0 Å². The molecule has 0 saturated carbocycles. The lowest BCUT2D eigenvalue weighted by molar-refractivity contribution is -0.148. The van der Waals surface area contributed by atoms with Gasteiger partial charge in [0.15, 0.2) is 0 Å². The van der Waals surface area contributed by atoms with Gasteiger partial charge in [-0.05, 0) is 6.42 Å². The zero-order chi connectivity index (χ0) is 19.1. The van der Waals surface area contributed by atoms with E-state index in [1.54, 1.807) is 0 Å². The SMILES string of the molecule is CCCCCCCOC(=O)CN(C)C(=O)CN(C)C(=O)OCCOC. The second kappa shape index (κ2) is 14.5. The van der Waals surface area contributed by atoms with E-state index in [4.69, 9.17) is 14.2 Å². The summed E-state index contributed by atoms with van der Waals surface area (Å²) in [5.41, 5.74) is 0. The van der Waals surface area contributed by atoms with E-state index in [1.165, 1.54) is 38.9 Å². The molecule has 0 N–H and O–H groups in total. The number of methoxy groups -OCH3 is 1. The van der Waals surface area contributed by atoms with Crippen LogP contribution in [-0.2, 0) is 23.8 Å². The summed E-state index contributed by atoms with van der Waals surface area (Å²) < 4.78 is 14.8. The smallest absolute Gasteiger partial charge is 0.410 e. The molecule has 8 heteroatoms. The fourth-order valence-corrected chi connectivity index (χ4v) is 1.93. The first-order chi connectivity index (χ1) is 11.9.